The van der Waals surface area contributed by atoms with Crippen molar-refractivity contribution in [2.75, 3.05) is 12.3 Å². The monoisotopic (exact) mass is 710 g/mol. The summed E-state index contributed by atoms with van der Waals surface area (Å²) in [6.07, 6.45) is 0.459. The number of pyridine rings is 1. The average molecular weight is 711 g/mol. The van der Waals surface area contributed by atoms with E-state index in [-0.39, 0.29) is 17.0 Å². The number of aliphatic hydroxyl groups excluding tert-OH is 2. The van der Waals surface area contributed by atoms with Crippen molar-refractivity contribution in [3.63, 3.8) is 0 Å². The number of hydrogen-bond donors (Lipinski definition) is 5. The molecule has 11 nitrogen and oxygen atoms in total. The molecular weight excluding hydrogens is 658 g/mol. The highest BCUT2D eigenvalue weighted by Gasteiger charge is 2.40. The molecular formula is C35H52F2N4O7S. The lowest BCUT2D eigenvalue weighted by molar-refractivity contribution is -0.136. The molecule has 274 valence electrons. The molecule has 0 aliphatic carbocycles. The minimum Gasteiger partial charge on any atom is -0.390 e. The van der Waals surface area contributed by atoms with Gasteiger partial charge in [-0.3, -0.25) is 19.4 Å². The van der Waals surface area contributed by atoms with Crippen molar-refractivity contribution < 1.29 is 41.8 Å². The third kappa shape index (κ3) is 13.0. The number of rotatable bonds is 20. The summed E-state index contributed by atoms with van der Waals surface area (Å²) in [4.78, 5) is 44.2. The first-order valence-electron chi connectivity index (χ1n) is 16.8. The van der Waals surface area contributed by atoms with E-state index in [0.717, 1.165) is 12.1 Å². The van der Waals surface area contributed by atoms with Crippen molar-refractivity contribution in [3.05, 3.63) is 65.5 Å². The van der Waals surface area contributed by atoms with Crippen LogP contribution in [0.15, 0.2) is 42.7 Å². The minimum atomic E-state index is -3.97. The largest absolute Gasteiger partial charge is 0.390 e. The van der Waals surface area contributed by atoms with Gasteiger partial charge in [-0.1, -0.05) is 54.4 Å². The van der Waals surface area contributed by atoms with Crippen molar-refractivity contribution in [1.82, 2.24) is 20.9 Å². The normalized spacial score (nSPS) is 15.0. The zero-order valence-electron chi connectivity index (χ0n) is 29.2. The Morgan fingerprint density at radius 1 is 0.898 bits per heavy atom. The van der Waals surface area contributed by atoms with E-state index in [4.69, 9.17) is 0 Å². The topological polar surface area (TPSA) is 175 Å². The predicted octanol–water partition coefficient (Wildman–Crippen LogP) is 3.34. The summed E-state index contributed by atoms with van der Waals surface area (Å²) in [5.41, 5.74) is 0.0692. The molecule has 49 heavy (non-hydrogen) atoms. The van der Waals surface area contributed by atoms with Gasteiger partial charge < -0.3 is 26.2 Å². The molecule has 5 atom stereocenters. The summed E-state index contributed by atoms with van der Waals surface area (Å²) in [5.74, 6) is -6.50. The number of sulfone groups is 1. The summed E-state index contributed by atoms with van der Waals surface area (Å²) >= 11 is 0. The molecule has 1 unspecified atom stereocenters. The summed E-state index contributed by atoms with van der Waals surface area (Å²) in [7, 11) is -3.97. The number of nitrogens with zero attached hydrogens (tertiary/aromatic N) is 1. The maximum absolute atomic E-state index is 14.2. The molecule has 0 saturated carbocycles. The Bertz CT molecular complexity index is 1450. The van der Waals surface area contributed by atoms with E-state index >= 15 is 0 Å². The number of benzene rings is 1. The number of amides is 3. The van der Waals surface area contributed by atoms with Crippen molar-refractivity contribution in [2.24, 2.45) is 17.8 Å². The van der Waals surface area contributed by atoms with E-state index < -0.39 is 92.7 Å². The lowest BCUT2D eigenvalue weighted by atomic mass is 9.83. The molecule has 0 spiro atoms. The zero-order valence-corrected chi connectivity index (χ0v) is 30.0. The summed E-state index contributed by atoms with van der Waals surface area (Å²) < 4.78 is 55.6. The van der Waals surface area contributed by atoms with E-state index in [0.29, 0.717) is 38.3 Å². The molecule has 0 aliphatic rings. The van der Waals surface area contributed by atoms with Gasteiger partial charge in [0, 0.05) is 25.0 Å². The van der Waals surface area contributed by atoms with Crippen LogP contribution in [-0.4, -0.2) is 83.2 Å². The Kier molecular flexibility index (Phi) is 16.7. The molecule has 3 amide bonds. The molecule has 1 heterocycles. The van der Waals surface area contributed by atoms with Crippen LogP contribution in [0, 0.1) is 29.4 Å². The van der Waals surface area contributed by atoms with Gasteiger partial charge in [-0.05, 0) is 60.9 Å². The number of carbonyl (C=O) groups is 3. The van der Waals surface area contributed by atoms with E-state index in [1.165, 1.54) is 24.5 Å². The lowest BCUT2D eigenvalue weighted by Crippen LogP contribution is -2.59. The quantitative estimate of drug-likeness (QED) is 0.139. The summed E-state index contributed by atoms with van der Waals surface area (Å²) in [6, 6.07) is 2.40. The molecule has 0 fully saturated rings. The molecule has 0 aliphatic heterocycles. The van der Waals surface area contributed by atoms with E-state index in [1.807, 2.05) is 27.7 Å². The van der Waals surface area contributed by atoms with Crippen molar-refractivity contribution in [3.8, 4) is 0 Å². The van der Waals surface area contributed by atoms with Gasteiger partial charge in [0.2, 0.25) is 11.8 Å². The molecule has 1 aromatic carbocycles. The Labute approximate surface area is 288 Å². The van der Waals surface area contributed by atoms with Crippen LogP contribution < -0.4 is 16.0 Å². The molecule has 2 aromatic rings. The van der Waals surface area contributed by atoms with Crippen molar-refractivity contribution in [1.29, 1.82) is 0 Å². The van der Waals surface area contributed by atoms with Gasteiger partial charge in [-0.25, -0.2) is 17.2 Å². The Morgan fingerprint density at radius 3 is 2.02 bits per heavy atom. The van der Waals surface area contributed by atoms with Crippen LogP contribution in [0.5, 0.6) is 0 Å². The average Bonchev–Trinajstić information content (AvgIpc) is 3.02. The standard InChI is InChI=1S/C35H52F2N4O7S/c1-7-10-27(11-8-2)49(47,48)20-29(41-33(44)24-12-9-13-38-19-24)34(45)40-28(16-23-14-25(36)17-26(37)15-23)31(42)32(43)30(22(5)6)35(46)39-18-21(3)4/h9,12-15,17,19,21-22,27-32,42-43H,7-8,10-11,16,18,20H2,1-6H3,(H,39,46)(H,40,45)(H,41,44)/t28-,29?,30+,31+,32+/m0/s1. The smallest absolute Gasteiger partial charge is 0.253 e. The third-order valence-corrected chi connectivity index (χ3v) is 10.5. The number of nitrogens with one attached hydrogen (secondary N) is 3. The predicted molar refractivity (Wildman–Crippen MR) is 183 cm³/mol. The van der Waals surface area contributed by atoms with Crippen LogP contribution >= 0.6 is 0 Å². The van der Waals surface area contributed by atoms with E-state index in [1.54, 1.807) is 13.8 Å². The van der Waals surface area contributed by atoms with E-state index in [2.05, 4.69) is 20.9 Å². The highest BCUT2D eigenvalue weighted by molar-refractivity contribution is 7.92. The fraction of sp³-hybridized carbons (Fsp3) is 0.600. The highest BCUT2D eigenvalue weighted by Crippen LogP contribution is 2.23. The Hall–Kier alpha value is -3.49. The van der Waals surface area contributed by atoms with Gasteiger partial charge >= 0.3 is 0 Å². The van der Waals surface area contributed by atoms with Crippen LogP contribution in [0.3, 0.4) is 0 Å². The van der Waals surface area contributed by atoms with Gasteiger partial charge in [0.25, 0.3) is 5.91 Å². The summed E-state index contributed by atoms with van der Waals surface area (Å²) in [5, 5.41) is 29.9. The minimum absolute atomic E-state index is 0.00827. The second-order valence-corrected chi connectivity index (χ2v) is 15.6. The first kappa shape index (κ1) is 41.7. The SMILES string of the molecule is CCCC(CCC)S(=O)(=O)CC(NC(=O)c1cccnc1)C(=O)N[C@@H](Cc1cc(F)cc(F)c1)[C@@H](O)[C@H](O)[C@H](C(=O)NCC(C)C)C(C)C. The number of aliphatic hydroxyl groups is 2. The van der Waals surface area contributed by atoms with Gasteiger partial charge in [0.15, 0.2) is 9.84 Å². The number of hydrogen-bond acceptors (Lipinski definition) is 8. The Morgan fingerprint density at radius 2 is 1.51 bits per heavy atom. The van der Waals surface area contributed by atoms with Gasteiger partial charge in [0.05, 0.1) is 34.6 Å². The number of halogens is 2. The van der Waals surface area contributed by atoms with Crippen LogP contribution in [-0.2, 0) is 25.8 Å². The molecule has 1 aromatic heterocycles. The third-order valence-electron chi connectivity index (χ3n) is 8.21. The second kappa shape index (κ2) is 19.6. The van der Waals surface area contributed by atoms with Crippen molar-refractivity contribution >= 4 is 27.6 Å². The van der Waals surface area contributed by atoms with Crippen molar-refractivity contribution in [2.45, 2.75) is 103 Å². The molecule has 5 N–H and O–H groups in total. The lowest BCUT2D eigenvalue weighted by Gasteiger charge is -2.34. The summed E-state index contributed by atoms with van der Waals surface area (Å²) in [6.45, 7) is 11.1. The fourth-order valence-corrected chi connectivity index (χ4v) is 7.85. The number of carbonyl (C=O) groups excluding carboxylic acids is 3. The fourth-order valence-electron chi connectivity index (χ4n) is 5.69. The van der Waals surface area contributed by atoms with E-state index in [9.17, 15) is 41.8 Å². The van der Waals surface area contributed by atoms with Gasteiger partial charge in [-0.2, -0.15) is 0 Å². The second-order valence-electron chi connectivity index (χ2n) is 13.3. The molecule has 2 rings (SSSR count). The van der Waals surface area contributed by atoms with Crippen LogP contribution in [0.2, 0.25) is 0 Å². The highest BCUT2D eigenvalue weighted by atomic mass is 32.2. The first-order valence-corrected chi connectivity index (χ1v) is 18.5. The first-order chi connectivity index (χ1) is 23.0. The van der Waals surface area contributed by atoms with Gasteiger partial charge in [-0.15, -0.1) is 0 Å². The molecule has 0 radical (unpaired) electrons. The van der Waals surface area contributed by atoms with Gasteiger partial charge in [0.1, 0.15) is 23.8 Å². The Balaban J connectivity index is 2.55. The maximum atomic E-state index is 14.2. The van der Waals surface area contributed by atoms with Crippen LogP contribution in [0.4, 0.5) is 8.78 Å². The molecule has 14 heteroatoms. The van der Waals surface area contributed by atoms with Crippen LogP contribution in [0.25, 0.3) is 0 Å². The zero-order chi connectivity index (χ0) is 36.9. The molecule has 0 bridgehead atoms. The van der Waals surface area contributed by atoms with Crippen LogP contribution in [0.1, 0.15) is 83.1 Å². The number of aromatic nitrogens is 1. The maximum Gasteiger partial charge on any atom is 0.253 e. The molecule has 0 saturated heterocycles.